The van der Waals surface area contributed by atoms with Crippen molar-refractivity contribution in [3.8, 4) is 5.75 Å². The van der Waals surface area contributed by atoms with Crippen LogP contribution in [0.15, 0.2) is 53.4 Å². The molecule has 1 heterocycles. The van der Waals surface area contributed by atoms with Crippen molar-refractivity contribution in [1.82, 2.24) is 5.32 Å². The smallest absolute Gasteiger partial charge is 0.387 e. The molecule has 1 fully saturated rings. The molecule has 2 amide bonds. The van der Waals surface area contributed by atoms with Crippen molar-refractivity contribution in [2.75, 3.05) is 22.6 Å². The maximum Gasteiger partial charge on any atom is 0.387 e. The highest BCUT2D eigenvalue weighted by Crippen LogP contribution is 2.28. The second kappa shape index (κ2) is 9.86. The SMILES string of the molecule is CC1(NC(=O)c2ccccc2SCC(=O)Nc2ccccc2OC(F)F)CCS(=O)(=O)C1. The van der Waals surface area contributed by atoms with Gasteiger partial charge in [-0.2, -0.15) is 8.78 Å². The summed E-state index contributed by atoms with van der Waals surface area (Å²) in [5.41, 5.74) is -0.420. The second-order valence-corrected chi connectivity index (χ2v) is 10.8. The molecule has 0 aromatic heterocycles. The minimum Gasteiger partial charge on any atom is -0.433 e. The number of sulfone groups is 1. The van der Waals surface area contributed by atoms with E-state index in [1.165, 1.54) is 18.2 Å². The average Bonchev–Trinajstić information content (AvgIpc) is 3.00. The molecule has 0 spiro atoms. The number of hydrogen-bond acceptors (Lipinski definition) is 6. The molecule has 0 saturated carbocycles. The van der Waals surface area contributed by atoms with E-state index in [1.807, 2.05) is 0 Å². The van der Waals surface area contributed by atoms with Crippen LogP contribution in [0, 0.1) is 0 Å². The highest BCUT2D eigenvalue weighted by molar-refractivity contribution is 8.00. The van der Waals surface area contributed by atoms with Crippen molar-refractivity contribution in [2.24, 2.45) is 0 Å². The maximum atomic E-state index is 12.8. The van der Waals surface area contributed by atoms with Gasteiger partial charge in [0.05, 0.1) is 34.0 Å². The molecule has 2 aromatic rings. The minimum atomic E-state index is -3.18. The van der Waals surface area contributed by atoms with Crippen LogP contribution in [-0.2, 0) is 14.6 Å². The Kier molecular flexibility index (Phi) is 7.40. The number of anilines is 1. The van der Waals surface area contributed by atoms with Crippen LogP contribution in [-0.4, -0.2) is 49.6 Å². The van der Waals surface area contributed by atoms with E-state index in [1.54, 1.807) is 37.3 Å². The Morgan fingerprint density at radius 1 is 1.16 bits per heavy atom. The molecule has 1 saturated heterocycles. The van der Waals surface area contributed by atoms with Crippen molar-refractivity contribution in [3.63, 3.8) is 0 Å². The quantitative estimate of drug-likeness (QED) is 0.558. The van der Waals surface area contributed by atoms with Crippen molar-refractivity contribution in [2.45, 2.75) is 30.4 Å². The summed E-state index contributed by atoms with van der Waals surface area (Å²) >= 11 is 1.10. The molecule has 1 aliphatic heterocycles. The molecule has 11 heteroatoms. The van der Waals surface area contributed by atoms with Crippen LogP contribution in [0.2, 0.25) is 0 Å². The lowest BCUT2D eigenvalue weighted by atomic mass is 10.0. The van der Waals surface area contributed by atoms with Crippen LogP contribution in [0.5, 0.6) is 5.75 Å². The summed E-state index contributed by atoms with van der Waals surface area (Å²) in [6, 6.07) is 12.5. The molecular weight excluding hydrogens is 462 g/mol. The zero-order chi connectivity index (χ0) is 23.4. The first-order chi connectivity index (χ1) is 15.1. The van der Waals surface area contributed by atoms with Gasteiger partial charge < -0.3 is 15.4 Å². The minimum absolute atomic E-state index is 0.0249. The van der Waals surface area contributed by atoms with E-state index in [0.29, 0.717) is 16.9 Å². The summed E-state index contributed by atoms with van der Waals surface area (Å²) in [5.74, 6) is -1.23. The molecule has 172 valence electrons. The summed E-state index contributed by atoms with van der Waals surface area (Å²) in [4.78, 5) is 25.7. The standard InChI is InChI=1S/C21H22F2N2O5S2/c1-21(10-11-32(28,29)13-21)25-19(27)14-6-2-5-9-17(14)31-12-18(26)24-15-7-3-4-8-16(15)30-20(22)23/h2-9,20H,10-13H2,1H3,(H,24,26)(H,25,27). The van der Waals surface area contributed by atoms with Crippen LogP contribution in [0.25, 0.3) is 0 Å². The Bertz CT molecular complexity index is 1110. The number of amides is 2. The van der Waals surface area contributed by atoms with Gasteiger partial charge in [0.2, 0.25) is 5.91 Å². The van der Waals surface area contributed by atoms with Crippen molar-refractivity contribution < 1.29 is 31.5 Å². The van der Waals surface area contributed by atoms with E-state index in [9.17, 15) is 26.8 Å². The van der Waals surface area contributed by atoms with Gasteiger partial charge in [-0.25, -0.2) is 8.42 Å². The van der Waals surface area contributed by atoms with Gasteiger partial charge in [-0.1, -0.05) is 24.3 Å². The first-order valence-electron chi connectivity index (χ1n) is 9.65. The number of nitrogens with one attached hydrogen (secondary N) is 2. The first-order valence-corrected chi connectivity index (χ1v) is 12.5. The molecule has 1 aliphatic rings. The topological polar surface area (TPSA) is 102 Å². The number of carbonyl (C=O) groups excluding carboxylic acids is 2. The molecule has 3 rings (SSSR count). The first kappa shape index (κ1) is 24.0. The third kappa shape index (κ3) is 6.42. The molecule has 0 aliphatic carbocycles. The normalized spacial score (nSPS) is 19.5. The van der Waals surface area contributed by atoms with Gasteiger partial charge in [0.15, 0.2) is 9.84 Å². The third-order valence-corrected chi connectivity index (χ3v) is 7.76. The van der Waals surface area contributed by atoms with Gasteiger partial charge >= 0.3 is 6.61 Å². The Morgan fingerprint density at radius 3 is 2.53 bits per heavy atom. The number of ether oxygens (including phenoxy) is 1. The van der Waals surface area contributed by atoms with Gasteiger partial charge in [0, 0.05) is 4.90 Å². The fraction of sp³-hybridized carbons (Fsp3) is 0.333. The number of carbonyl (C=O) groups is 2. The zero-order valence-corrected chi connectivity index (χ0v) is 18.8. The van der Waals surface area contributed by atoms with Crippen molar-refractivity contribution in [3.05, 3.63) is 54.1 Å². The van der Waals surface area contributed by atoms with E-state index < -0.39 is 33.8 Å². The van der Waals surface area contributed by atoms with E-state index in [0.717, 1.165) is 11.8 Å². The molecule has 32 heavy (non-hydrogen) atoms. The Morgan fingerprint density at radius 2 is 1.84 bits per heavy atom. The summed E-state index contributed by atoms with van der Waals surface area (Å²) in [6.45, 7) is -1.33. The van der Waals surface area contributed by atoms with Gasteiger partial charge in [-0.15, -0.1) is 11.8 Å². The van der Waals surface area contributed by atoms with E-state index in [4.69, 9.17) is 0 Å². The van der Waals surface area contributed by atoms with Crippen LogP contribution < -0.4 is 15.4 Å². The lowest BCUT2D eigenvalue weighted by Gasteiger charge is -2.24. The van der Waals surface area contributed by atoms with Crippen molar-refractivity contribution >= 4 is 39.1 Å². The van der Waals surface area contributed by atoms with E-state index in [2.05, 4.69) is 15.4 Å². The van der Waals surface area contributed by atoms with Crippen LogP contribution in [0.1, 0.15) is 23.7 Å². The highest BCUT2D eigenvalue weighted by atomic mass is 32.2. The summed E-state index contributed by atoms with van der Waals surface area (Å²) in [7, 11) is -3.18. The Labute approximate surface area is 188 Å². The molecule has 2 aromatic carbocycles. The fourth-order valence-corrected chi connectivity index (χ4v) is 6.27. The van der Waals surface area contributed by atoms with Crippen LogP contribution >= 0.6 is 11.8 Å². The monoisotopic (exact) mass is 484 g/mol. The zero-order valence-electron chi connectivity index (χ0n) is 17.1. The van der Waals surface area contributed by atoms with E-state index >= 15 is 0 Å². The Balaban J connectivity index is 1.64. The highest BCUT2D eigenvalue weighted by Gasteiger charge is 2.39. The molecule has 1 atom stereocenters. The number of thioether (sulfide) groups is 1. The van der Waals surface area contributed by atoms with Gasteiger partial charge in [-0.3, -0.25) is 9.59 Å². The van der Waals surface area contributed by atoms with Crippen LogP contribution in [0.3, 0.4) is 0 Å². The maximum absolute atomic E-state index is 12.8. The number of rotatable bonds is 8. The lowest BCUT2D eigenvalue weighted by molar-refractivity contribution is -0.113. The largest absolute Gasteiger partial charge is 0.433 e. The molecule has 2 N–H and O–H groups in total. The number of halogens is 2. The summed E-state index contributed by atoms with van der Waals surface area (Å²) < 4.78 is 53.0. The average molecular weight is 485 g/mol. The molecule has 0 bridgehead atoms. The number of alkyl halides is 2. The molecule has 0 radical (unpaired) electrons. The van der Waals surface area contributed by atoms with Crippen molar-refractivity contribution in [1.29, 1.82) is 0 Å². The summed E-state index contributed by atoms with van der Waals surface area (Å²) in [6.07, 6.45) is 0.332. The third-order valence-electron chi connectivity index (χ3n) is 4.79. The number of benzene rings is 2. The van der Waals surface area contributed by atoms with Crippen LogP contribution in [0.4, 0.5) is 14.5 Å². The predicted octanol–water partition coefficient (Wildman–Crippen LogP) is 3.33. The molecule has 7 nitrogen and oxygen atoms in total. The molecular formula is C21H22F2N2O5S2. The predicted molar refractivity (Wildman–Crippen MR) is 118 cm³/mol. The van der Waals surface area contributed by atoms with Gasteiger partial charge in [0.1, 0.15) is 5.75 Å². The van der Waals surface area contributed by atoms with Gasteiger partial charge in [0.25, 0.3) is 5.91 Å². The Hall–Kier alpha value is -2.66. The second-order valence-electron chi connectivity index (χ2n) is 7.56. The number of para-hydroxylation sites is 2. The number of hydrogen-bond donors (Lipinski definition) is 2. The van der Waals surface area contributed by atoms with E-state index in [-0.39, 0.29) is 28.7 Å². The lowest BCUT2D eigenvalue weighted by Crippen LogP contribution is -2.47. The fourth-order valence-electron chi connectivity index (χ4n) is 3.33. The molecule has 1 unspecified atom stereocenters. The van der Waals surface area contributed by atoms with Gasteiger partial charge in [-0.05, 0) is 37.6 Å². The summed E-state index contributed by atoms with van der Waals surface area (Å²) in [5, 5.41) is 5.32.